The molecule has 0 radical (unpaired) electrons. The fraction of sp³-hybridized carbons (Fsp3) is 0.250. The van der Waals surface area contributed by atoms with Gasteiger partial charge in [-0.05, 0) is 19.1 Å². The van der Waals surface area contributed by atoms with E-state index in [9.17, 15) is 0 Å². The molecule has 5 heteroatoms. The van der Waals surface area contributed by atoms with Crippen LogP contribution in [0.3, 0.4) is 0 Å². The number of ether oxygens (including phenoxy) is 1. The molecule has 1 aromatic heterocycles. The SMILES string of the molecule is COc1cc(NCc2csc(C)n2)ccc1N. The van der Waals surface area contributed by atoms with Crippen molar-refractivity contribution in [3.8, 4) is 5.75 Å². The Morgan fingerprint density at radius 3 is 2.94 bits per heavy atom. The molecule has 0 aliphatic carbocycles. The van der Waals surface area contributed by atoms with Gasteiger partial charge < -0.3 is 15.8 Å². The Hall–Kier alpha value is -1.75. The predicted molar refractivity (Wildman–Crippen MR) is 71.6 cm³/mol. The van der Waals surface area contributed by atoms with E-state index in [1.807, 2.05) is 25.1 Å². The van der Waals surface area contributed by atoms with E-state index in [1.165, 1.54) is 0 Å². The fourth-order valence-electron chi connectivity index (χ4n) is 1.50. The molecule has 2 rings (SSSR count). The molecular weight excluding hydrogens is 234 g/mol. The highest BCUT2D eigenvalue weighted by atomic mass is 32.1. The standard InChI is InChI=1S/C12H15N3OS/c1-8-15-10(7-17-8)6-14-9-3-4-11(13)12(5-9)16-2/h3-5,7,14H,6,13H2,1-2H3. The van der Waals surface area contributed by atoms with Gasteiger partial charge in [-0.1, -0.05) is 0 Å². The number of hydrogen-bond acceptors (Lipinski definition) is 5. The third-order valence-electron chi connectivity index (χ3n) is 2.37. The monoisotopic (exact) mass is 249 g/mol. The zero-order chi connectivity index (χ0) is 12.3. The molecule has 0 saturated carbocycles. The van der Waals surface area contributed by atoms with Gasteiger partial charge in [-0.2, -0.15) is 0 Å². The number of thiazole rings is 1. The molecule has 4 nitrogen and oxygen atoms in total. The topological polar surface area (TPSA) is 60.2 Å². The van der Waals surface area contributed by atoms with Gasteiger partial charge in [-0.3, -0.25) is 0 Å². The average molecular weight is 249 g/mol. The summed E-state index contributed by atoms with van der Waals surface area (Å²) < 4.78 is 5.16. The highest BCUT2D eigenvalue weighted by Gasteiger charge is 2.02. The van der Waals surface area contributed by atoms with Crippen LogP contribution < -0.4 is 15.8 Å². The number of nitrogens with zero attached hydrogens (tertiary/aromatic N) is 1. The number of methoxy groups -OCH3 is 1. The quantitative estimate of drug-likeness (QED) is 0.818. The van der Waals surface area contributed by atoms with Crippen LogP contribution in [0.15, 0.2) is 23.6 Å². The van der Waals surface area contributed by atoms with Crippen molar-refractivity contribution in [1.29, 1.82) is 0 Å². The lowest BCUT2D eigenvalue weighted by molar-refractivity contribution is 0.417. The summed E-state index contributed by atoms with van der Waals surface area (Å²) in [6, 6.07) is 5.64. The zero-order valence-electron chi connectivity index (χ0n) is 9.86. The van der Waals surface area contributed by atoms with Gasteiger partial charge in [0.25, 0.3) is 0 Å². The number of anilines is 2. The van der Waals surface area contributed by atoms with E-state index in [2.05, 4.69) is 15.7 Å². The number of hydrogen-bond donors (Lipinski definition) is 2. The first-order chi connectivity index (χ1) is 8.19. The summed E-state index contributed by atoms with van der Waals surface area (Å²) in [5.41, 5.74) is 8.41. The van der Waals surface area contributed by atoms with Crippen LogP contribution in [0.1, 0.15) is 10.7 Å². The molecule has 0 spiro atoms. The van der Waals surface area contributed by atoms with Crippen molar-refractivity contribution in [3.63, 3.8) is 0 Å². The third-order valence-corrected chi connectivity index (χ3v) is 3.20. The van der Waals surface area contributed by atoms with E-state index >= 15 is 0 Å². The molecule has 17 heavy (non-hydrogen) atoms. The van der Waals surface area contributed by atoms with Gasteiger partial charge in [-0.15, -0.1) is 11.3 Å². The second-order valence-electron chi connectivity index (χ2n) is 3.67. The van der Waals surface area contributed by atoms with E-state index in [4.69, 9.17) is 10.5 Å². The number of nitrogens with one attached hydrogen (secondary N) is 1. The van der Waals surface area contributed by atoms with E-state index < -0.39 is 0 Å². The molecule has 2 aromatic rings. The summed E-state index contributed by atoms with van der Waals surface area (Å²) in [5, 5.41) is 6.42. The van der Waals surface area contributed by atoms with Crippen LogP contribution in [-0.4, -0.2) is 12.1 Å². The summed E-state index contributed by atoms with van der Waals surface area (Å²) in [5.74, 6) is 0.685. The number of aryl methyl sites for hydroxylation is 1. The second kappa shape index (κ2) is 5.05. The fourth-order valence-corrected chi connectivity index (χ4v) is 2.12. The molecule has 1 heterocycles. The van der Waals surface area contributed by atoms with Gasteiger partial charge in [0.15, 0.2) is 0 Å². The van der Waals surface area contributed by atoms with Gasteiger partial charge in [0, 0.05) is 17.1 Å². The van der Waals surface area contributed by atoms with Crippen LogP contribution in [-0.2, 0) is 6.54 Å². The lowest BCUT2D eigenvalue weighted by Crippen LogP contribution is -2.01. The largest absolute Gasteiger partial charge is 0.495 e. The van der Waals surface area contributed by atoms with Gasteiger partial charge >= 0.3 is 0 Å². The Labute approximate surface area is 104 Å². The van der Waals surface area contributed by atoms with Crippen LogP contribution in [0.25, 0.3) is 0 Å². The van der Waals surface area contributed by atoms with Crippen LogP contribution in [0.5, 0.6) is 5.75 Å². The highest BCUT2D eigenvalue weighted by Crippen LogP contribution is 2.25. The smallest absolute Gasteiger partial charge is 0.143 e. The molecule has 90 valence electrons. The van der Waals surface area contributed by atoms with Gasteiger partial charge in [0.2, 0.25) is 0 Å². The average Bonchev–Trinajstić information content (AvgIpc) is 2.74. The molecule has 0 atom stereocenters. The van der Waals surface area contributed by atoms with Crippen LogP contribution in [0.2, 0.25) is 0 Å². The Balaban J connectivity index is 2.04. The molecule has 0 unspecified atom stereocenters. The summed E-state index contributed by atoms with van der Waals surface area (Å²) in [4.78, 5) is 4.39. The molecule has 0 bridgehead atoms. The summed E-state index contributed by atoms with van der Waals surface area (Å²) in [7, 11) is 1.61. The lowest BCUT2D eigenvalue weighted by Gasteiger charge is -2.08. The minimum Gasteiger partial charge on any atom is -0.495 e. The minimum absolute atomic E-state index is 0.641. The van der Waals surface area contributed by atoms with Crippen molar-refractivity contribution in [2.24, 2.45) is 0 Å². The molecule has 0 amide bonds. The van der Waals surface area contributed by atoms with Crippen molar-refractivity contribution in [2.75, 3.05) is 18.2 Å². The van der Waals surface area contributed by atoms with Gasteiger partial charge in [-0.25, -0.2) is 4.98 Å². The van der Waals surface area contributed by atoms with E-state index in [-0.39, 0.29) is 0 Å². The first-order valence-corrected chi connectivity index (χ1v) is 6.15. The van der Waals surface area contributed by atoms with E-state index in [1.54, 1.807) is 18.4 Å². The van der Waals surface area contributed by atoms with E-state index in [0.29, 0.717) is 18.0 Å². The lowest BCUT2D eigenvalue weighted by atomic mass is 10.2. The molecule has 0 aliphatic heterocycles. The Morgan fingerprint density at radius 1 is 1.47 bits per heavy atom. The number of benzene rings is 1. The van der Waals surface area contributed by atoms with Crippen molar-refractivity contribution in [1.82, 2.24) is 4.98 Å². The summed E-state index contributed by atoms with van der Waals surface area (Å²) in [6.45, 7) is 2.71. The van der Waals surface area contributed by atoms with Crippen LogP contribution in [0.4, 0.5) is 11.4 Å². The van der Waals surface area contributed by atoms with Gasteiger partial charge in [0.05, 0.1) is 30.0 Å². The molecule has 1 aromatic carbocycles. The van der Waals surface area contributed by atoms with E-state index in [0.717, 1.165) is 16.4 Å². The van der Waals surface area contributed by atoms with Crippen LogP contribution >= 0.6 is 11.3 Å². The molecule has 3 N–H and O–H groups in total. The third kappa shape index (κ3) is 2.88. The zero-order valence-corrected chi connectivity index (χ0v) is 10.7. The maximum atomic E-state index is 5.75. The Kier molecular flexibility index (Phi) is 3.49. The molecule has 0 saturated heterocycles. The maximum Gasteiger partial charge on any atom is 0.143 e. The highest BCUT2D eigenvalue weighted by molar-refractivity contribution is 7.09. The predicted octanol–water partition coefficient (Wildman–Crippen LogP) is 2.65. The number of nitrogens with two attached hydrogens (primary N) is 1. The number of nitrogen functional groups attached to an aromatic ring is 1. The minimum atomic E-state index is 0.641. The number of aromatic nitrogens is 1. The first-order valence-electron chi connectivity index (χ1n) is 5.27. The first kappa shape index (κ1) is 11.7. The summed E-state index contributed by atoms with van der Waals surface area (Å²) in [6.07, 6.45) is 0. The van der Waals surface area contributed by atoms with Crippen molar-refractivity contribution < 1.29 is 4.74 Å². The normalized spacial score (nSPS) is 10.2. The van der Waals surface area contributed by atoms with Crippen molar-refractivity contribution in [2.45, 2.75) is 13.5 Å². The Morgan fingerprint density at radius 2 is 2.29 bits per heavy atom. The number of rotatable bonds is 4. The molecular formula is C12H15N3OS. The van der Waals surface area contributed by atoms with Crippen molar-refractivity contribution in [3.05, 3.63) is 34.3 Å². The maximum absolute atomic E-state index is 5.75. The van der Waals surface area contributed by atoms with Crippen LogP contribution in [0, 0.1) is 6.92 Å². The molecule has 0 aliphatic rings. The Bertz CT molecular complexity index is 510. The summed E-state index contributed by atoms with van der Waals surface area (Å²) >= 11 is 1.65. The van der Waals surface area contributed by atoms with Crippen molar-refractivity contribution >= 4 is 22.7 Å². The van der Waals surface area contributed by atoms with Gasteiger partial charge in [0.1, 0.15) is 5.75 Å². The second-order valence-corrected chi connectivity index (χ2v) is 4.73. The molecule has 0 fully saturated rings.